The molecule has 0 unspecified atom stereocenters. The van der Waals surface area contributed by atoms with Crippen LogP contribution in [0.3, 0.4) is 0 Å². The van der Waals surface area contributed by atoms with Gasteiger partial charge >= 0.3 is 0 Å². The number of ether oxygens (including phenoxy) is 1. The summed E-state index contributed by atoms with van der Waals surface area (Å²) in [5, 5.41) is 2.72. The summed E-state index contributed by atoms with van der Waals surface area (Å²) in [6.45, 7) is 0.247. The average Bonchev–Trinajstić information content (AvgIpc) is 2.75. The van der Waals surface area contributed by atoms with Crippen LogP contribution < -0.4 is 14.4 Å². The van der Waals surface area contributed by atoms with Crippen molar-refractivity contribution in [1.82, 2.24) is 5.32 Å². The normalized spacial score (nSPS) is 13.8. The van der Waals surface area contributed by atoms with Crippen molar-refractivity contribution in [2.45, 2.75) is 4.90 Å². The Bertz CT molecular complexity index is 1180. The number of sulfonamides is 1. The van der Waals surface area contributed by atoms with Crippen LogP contribution >= 0.6 is 15.9 Å². The molecule has 1 amide bonds. The lowest BCUT2D eigenvalue weighted by Gasteiger charge is -2.31. The molecule has 1 heterocycles. The van der Waals surface area contributed by atoms with E-state index in [1.165, 1.54) is 0 Å². The van der Waals surface area contributed by atoms with Crippen LogP contribution in [0.25, 0.3) is 11.1 Å². The molecular weight excluding hydrogens is 468 g/mol. The number of para-hydroxylation sites is 1. The van der Waals surface area contributed by atoms with E-state index in [2.05, 4.69) is 21.2 Å². The van der Waals surface area contributed by atoms with Crippen LogP contribution in [0, 0.1) is 0 Å². The van der Waals surface area contributed by atoms with Crippen molar-refractivity contribution in [3.63, 3.8) is 0 Å². The van der Waals surface area contributed by atoms with E-state index < -0.39 is 15.9 Å². The SMILES string of the molecule is O=C(CN1c2ccc(Br)cc2-c2ccccc2S1(=O)=O)NCCOc1ccccc1. The predicted molar refractivity (Wildman–Crippen MR) is 119 cm³/mol. The zero-order chi connectivity index (χ0) is 21.1. The maximum Gasteiger partial charge on any atom is 0.265 e. The van der Waals surface area contributed by atoms with Gasteiger partial charge in [-0.15, -0.1) is 0 Å². The van der Waals surface area contributed by atoms with Gasteiger partial charge in [-0.05, 0) is 36.4 Å². The Morgan fingerprint density at radius 3 is 2.50 bits per heavy atom. The van der Waals surface area contributed by atoms with E-state index in [4.69, 9.17) is 4.74 Å². The molecule has 0 atom stereocenters. The Morgan fingerprint density at radius 1 is 0.967 bits per heavy atom. The fourth-order valence-corrected chi connectivity index (χ4v) is 5.35. The Kier molecular flexibility index (Phi) is 5.78. The summed E-state index contributed by atoms with van der Waals surface area (Å²) < 4.78 is 34.0. The molecule has 8 heteroatoms. The Labute approximate surface area is 183 Å². The highest BCUT2D eigenvalue weighted by Gasteiger charge is 2.35. The molecule has 0 saturated heterocycles. The third-order valence-electron chi connectivity index (χ3n) is 4.70. The first kappa shape index (κ1) is 20.4. The smallest absolute Gasteiger partial charge is 0.265 e. The second kappa shape index (κ2) is 8.49. The van der Waals surface area contributed by atoms with E-state index in [1.807, 2.05) is 36.4 Å². The predicted octanol–water partition coefficient (Wildman–Crippen LogP) is 3.82. The van der Waals surface area contributed by atoms with Crippen LogP contribution in [0.15, 0.2) is 82.2 Å². The maximum atomic E-state index is 13.2. The van der Waals surface area contributed by atoms with Crippen LogP contribution in [-0.2, 0) is 14.8 Å². The first-order valence-corrected chi connectivity index (χ1v) is 11.6. The first-order chi connectivity index (χ1) is 14.5. The number of hydrogen-bond acceptors (Lipinski definition) is 4. The molecule has 1 aliphatic rings. The van der Waals surface area contributed by atoms with Crippen LogP contribution in [0.4, 0.5) is 5.69 Å². The van der Waals surface area contributed by atoms with Gasteiger partial charge in [0.15, 0.2) is 0 Å². The number of benzene rings is 3. The minimum Gasteiger partial charge on any atom is -0.492 e. The molecule has 30 heavy (non-hydrogen) atoms. The summed E-state index contributed by atoms with van der Waals surface area (Å²) in [5.41, 5.74) is 1.87. The van der Waals surface area contributed by atoms with E-state index in [9.17, 15) is 13.2 Å². The topological polar surface area (TPSA) is 75.7 Å². The molecule has 3 aromatic carbocycles. The summed E-state index contributed by atoms with van der Waals surface area (Å²) in [4.78, 5) is 12.7. The van der Waals surface area contributed by atoms with Gasteiger partial charge in [-0.3, -0.25) is 9.10 Å². The molecule has 1 aliphatic heterocycles. The number of hydrogen-bond donors (Lipinski definition) is 1. The fraction of sp³-hybridized carbons (Fsp3) is 0.136. The first-order valence-electron chi connectivity index (χ1n) is 9.33. The van der Waals surface area contributed by atoms with E-state index in [-0.39, 0.29) is 24.6 Å². The summed E-state index contributed by atoms with van der Waals surface area (Å²) in [5.74, 6) is 0.310. The van der Waals surface area contributed by atoms with Crippen molar-refractivity contribution in [1.29, 1.82) is 0 Å². The molecule has 0 spiro atoms. The van der Waals surface area contributed by atoms with Crippen molar-refractivity contribution < 1.29 is 17.9 Å². The van der Waals surface area contributed by atoms with Crippen LogP contribution in [0.1, 0.15) is 0 Å². The number of nitrogens with one attached hydrogen (secondary N) is 1. The van der Waals surface area contributed by atoms with Crippen LogP contribution in [-0.4, -0.2) is 34.0 Å². The quantitative estimate of drug-likeness (QED) is 0.537. The molecule has 0 radical (unpaired) electrons. The highest BCUT2D eigenvalue weighted by atomic mass is 79.9. The highest BCUT2D eigenvalue weighted by molar-refractivity contribution is 9.10. The van der Waals surface area contributed by atoms with E-state index in [0.717, 1.165) is 14.3 Å². The monoisotopic (exact) mass is 486 g/mol. The molecule has 0 saturated carbocycles. The second-order valence-electron chi connectivity index (χ2n) is 6.68. The van der Waals surface area contributed by atoms with Crippen LogP contribution in [0.2, 0.25) is 0 Å². The number of rotatable bonds is 6. The largest absolute Gasteiger partial charge is 0.492 e. The number of carbonyl (C=O) groups excluding carboxylic acids is 1. The van der Waals surface area contributed by atoms with Gasteiger partial charge < -0.3 is 10.1 Å². The minimum atomic E-state index is -3.85. The van der Waals surface area contributed by atoms with Gasteiger partial charge in [0.05, 0.1) is 17.1 Å². The van der Waals surface area contributed by atoms with E-state index >= 15 is 0 Å². The lowest BCUT2D eigenvalue weighted by Crippen LogP contribution is -2.43. The van der Waals surface area contributed by atoms with Crippen LogP contribution in [0.5, 0.6) is 5.75 Å². The molecule has 0 bridgehead atoms. The molecular formula is C22H19BrN2O4S. The fourth-order valence-electron chi connectivity index (χ4n) is 3.34. The third-order valence-corrected chi connectivity index (χ3v) is 7.01. The lowest BCUT2D eigenvalue weighted by atomic mass is 10.0. The van der Waals surface area contributed by atoms with Gasteiger partial charge in [-0.25, -0.2) is 8.42 Å². The standard InChI is InChI=1S/C22H19BrN2O4S/c23-16-10-11-20-19(14-16)18-8-4-5-9-21(18)30(27,28)25(20)15-22(26)24-12-13-29-17-6-2-1-3-7-17/h1-11,14H,12-13,15H2,(H,24,26). The minimum absolute atomic E-state index is 0.191. The molecule has 1 N–H and O–H groups in total. The second-order valence-corrected chi connectivity index (χ2v) is 9.43. The third kappa shape index (κ3) is 4.06. The van der Waals surface area contributed by atoms with Gasteiger partial charge in [0.2, 0.25) is 5.91 Å². The molecule has 4 rings (SSSR count). The number of amides is 1. The van der Waals surface area contributed by atoms with Gasteiger partial charge in [0.25, 0.3) is 10.0 Å². The number of halogens is 1. The molecule has 3 aromatic rings. The highest BCUT2D eigenvalue weighted by Crippen LogP contribution is 2.43. The Morgan fingerprint density at radius 2 is 1.70 bits per heavy atom. The van der Waals surface area contributed by atoms with Gasteiger partial charge in [-0.1, -0.05) is 52.3 Å². The number of anilines is 1. The van der Waals surface area contributed by atoms with E-state index in [0.29, 0.717) is 17.0 Å². The summed E-state index contributed by atoms with van der Waals surface area (Å²) >= 11 is 3.44. The molecule has 154 valence electrons. The zero-order valence-corrected chi connectivity index (χ0v) is 18.3. The van der Waals surface area contributed by atoms with Gasteiger partial charge in [0, 0.05) is 15.6 Å². The Balaban J connectivity index is 1.50. The zero-order valence-electron chi connectivity index (χ0n) is 15.9. The van der Waals surface area contributed by atoms with E-state index in [1.54, 1.807) is 36.4 Å². The van der Waals surface area contributed by atoms with Crippen molar-refractivity contribution >= 4 is 37.5 Å². The number of carbonyl (C=O) groups is 1. The average molecular weight is 487 g/mol. The van der Waals surface area contributed by atoms with Crippen molar-refractivity contribution in [3.05, 3.63) is 77.3 Å². The van der Waals surface area contributed by atoms with Crippen molar-refractivity contribution in [3.8, 4) is 16.9 Å². The molecule has 6 nitrogen and oxygen atoms in total. The summed E-state index contributed by atoms with van der Waals surface area (Å²) in [6.07, 6.45) is 0. The number of nitrogens with zero attached hydrogens (tertiary/aromatic N) is 1. The molecule has 0 aliphatic carbocycles. The molecule has 0 fully saturated rings. The number of fused-ring (bicyclic) bond motifs is 3. The lowest BCUT2D eigenvalue weighted by molar-refractivity contribution is -0.119. The maximum absolute atomic E-state index is 13.2. The van der Waals surface area contributed by atoms with Crippen molar-refractivity contribution in [2.75, 3.05) is 24.0 Å². The van der Waals surface area contributed by atoms with Gasteiger partial charge in [-0.2, -0.15) is 0 Å². The van der Waals surface area contributed by atoms with Gasteiger partial charge in [0.1, 0.15) is 18.9 Å². The Hall–Kier alpha value is -2.84. The van der Waals surface area contributed by atoms with Crippen molar-refractivity contribution in [2.24, 2.45) is 0 Å². The molecule has 0 aromatic heterocycles. The summed E-state index contributed by atoms with van der Waals surface area (Å²) in [7, 11) is -3.85. The summed E-state index contributed by atoms with van der Waals surface area (Å²) in [6, 6.07) is 21.4.